The van der Waals surface area contributed by atoms with E-state index < -0.39 is 5.60 Å². The molecule has 4 nitrogen and oxygen atoms in total. The zero-order valence-corrected chi connectivity index (χ0v) is 14.0. The van der Waals surface area contributed by atoms with E-state index in [-0.39, 0.29) is 24.8 Å². The maximum atomic E-state index is 13.2. The fraction of sp³-hybridized carbons (Fsp3) is 0.350. The molecule has 1 heterocycles. The Balaban J connectivity index is 1.49. The van der Waals surface area contributed by atoms with Crippen LogP contribution in [0.1, 0.15) is 18.4 Å². The lowest BCUT2D eigenvalue weighted by Gasteiger charge is -2.38. The number of halogens is 1. The molecule has 0 saturated carbocycles. The van der Waals surface area contributed by atoms with Crippen LogP contribution in [0.25, 0.3) is 0 Å². The van der Waals surface area contributed by atoms with Crippen LogP contribution >= 0.6 is 0 Å². The van der Waals surface area contributed by atoms with Gasteiger partial charge in [-0.05, 0) is 42.7 Å². The molecule has 0 bridgehead atoms. The number of para-hydroxylation sites is 1. The van der Waals surface area contributed by atoms with Crippen molar-refractivity contribution >= 4 is 5.91 Å². The summed E-state index contributed by atoms with van der Waals surface area (Å²) in [6.45, 7) is 1.16. The van der Waals surface area contributed by atoms with Crippen LogP contribution in [0, 0.1) is 5.82 Å². The molecule has 1 aliphatic rings. The van der Waals surface area contributed by atoms with E-state index in [2.05, 4.69) is 0 Å². The molecule has 2 aromatic rings. The van der Waals surface area contributed by atoms with E-state index in [0.717, 1.165) is 5.75 Å². The largest absolute Gasteiger partial charge is 0.491 e. The Morgan fingerprint density at radius 1 is 1.12 bits per heavy atom. The molecule has 0 aromatic heterocycles. The van der Waals surface area contributed by atoms with Crippen LogP contribution in [-0.4, -0.2) is 41.2 Å². The van der Waals surface area contributed by atoms with Crippen molar-refractivity contribution in [1.29, 1.82) is 0 Å². The fourth-order valence-electron chi connectivity index (χ4n) is 2.98. The summed E-state index contributed by atoms with van der Waals surface area (Å²) in [5.41, 5.74) is -0.260. The maximum Gasteiger partial charge on any atom is 0.226 e. The third-order valence-electron chi connectivity index (χ3n) is 4.54. The van der Waals surface area contributed by atoms with Crippen LogP contribution in [-0.2, 0) is 11.2 Å². The SMILES string of the molecule is O=C(Cc1cccc(F)c1)N1CCC(O)(COc2ccccc2)CC1. The van der Waals surface area contributed by atoms with E-state index in [1.807, 2.05) is 30.3 Å². The highest BCUT2D eigenvalue weighted by molar-refractivity contribution is 5.78. The smallest absolute Gasteiger partial charge is 0.226 e. The molecule has 2 aromatic carbocycles. The van der Waals surface area contributed by atoms with E-state index in [0.29, 0.717) is 31.5 Å². The number of hydrogen-bond acceptors (Lipinski definition) is 3. The van der Waals surface area contributed by atoms with Gasteiger partial charge in [0, 0.05) is 13.1 Å². The Morgan fingerprint density at radius 2 is 1.84 bits per heavy atom. The highest BCUT2D eigenvalue weighted by Gasteiger charge is 2.34. The molecule has 1 N–H and O–H groups in total. The number of benzene rings is 2. The van der Waals surface area contributed by atoms with Gasteiger partial charge < -0.3 is 14.7 Å². The van der Waals surface area contributed by atoms with Crippen molar-refractivity contribution in [2.24, 2.45) is 0 Å². The Hall–Kier alpha value is -2.40. The Kier molecular flexibility index (Phi) is 5.34. The molecule has 132 valence electrons. The van der Waals surface area contributed by atoms with Gasteiger partial charge in [0.15, 0.2) is 0 Å². The van der Waals surface area contributed by atoms with Crippen molar-refractivity contribution in [1.82, 2.24) is 4.90 Å². The average Bonchev–Trinajstić information content (AvgIpc) is 2.62. The van der Waals surface area contributed by atoms with E-state index in [4.69, 9.17) is 4.74 Å². The van der Waals surface area contributed by atoms with E-state index >= 15 is 0 Å². The maximum absolute atomic E-state index is 13.2. The summed E-state index contributed by atoms with van der Waals surface area (Å²) in [6, 6.07) is 15.5. The summed E-state index contributed by atoms with van der Waals surface area (Å²) < 4.78 is 18.9. The number of likely N-dealkylation sites (tertiary alicyclic amines) is 1. The molecule has 0 radical (unpaired) electrons. The fourth-order valence-corrected chi connectivity index (χ4v) is 2.98. The lowest BCUT2D eigenvalue weighted by molar-refractivity contribution is -0.135. The number of ether oxygens (including phenoxy) is 1. The van der Waals surface area contributed by atoms with Crippen LogP contribution in [0.15, 0.2) is 54.6 Å². The Morgan fingerprint density at radius 3 is 2.52 bits per heavy atom. The van der Waals surface area contributed by atoms with Crippen LogP contribution in [0.2, 0.25) is 0 Å². The van der Waals surface area contributed by atoms with E-state index in [1.165, 1.54) is 12.1 Å². The predicted octanol–water partition coefficient (Wildman–Crippen LogP) is 2.80. The van der Waals surface area contributed by atoms with Gasteiger partial charge in [-0.2, -0.15) is 0 Å². The van der Waals surface area contributed by atoms with E-state index in [9.17, 15) is 14.3 Å². The van der Waals surface area contributed by atoms with Crippen LogP contribution in [0.5, 0.6) is 5.75 Å². The van der Waals surface area contributed by atoms with E-state index in [1.54, 1.807) is 17.0 Å². The predicted molar refractivity (Wildman–Crippen MR) is 92.8 cm³/mol. The van der Waals surface area contributed by atoms with Gasteiger partial charge in [0.05, 0.1) is 6.42 Å². The topological polar surface area (TPSA) is 49.8 Å². The van der Waals surface area contributed by atoms with Gasteiger partial charge >= 0.3 is 0 Å². The molecule has 25 heavy (non-hydrogen) atoms. The molecule has 3 rings (SSSR count). The number of piperidine rings is 1. The van der Waals surface area contributed by atoms with Gasteiger partial charge in [0.25, 0.3) is 0 Å². The molecule has 1 fully saturated rings. The number of nitrogens with zero attached hydrogens (tertiary/aromatic N) is 1. The number of aliphatic hydroxyl groups is 1. The molecule has 1 saturated heterocycles. The van der Waals surface area contributed by atoms with Gasteiger partial charge in [-0.1, -0.05) is 30.3 Å². The summed E-state index contributed by atoms with van der Waals surface area (Å²) in [5, 5.41) is 10.6. The number of rotatable bonds is 5. The highest BCUT2D eigenvalue weighted by atomic mass is 19.1. The summed E-state index contributed by atoms with van der Waals surface area (Å²) in [6.07, 6.45) is 1.11. The highest BCUT2D eigenvalue weighted by Crippen LogP contribution is 2.24. The second-order valence-corrected chi connectivity index (χ2v) is 6.51. The molecule has 5 heteroatoms. The molecule has 1 aliphatic heterocycles. The minimum absolute atomic E-state index is 0.0448. The molecule has 0 atom stereocenters. The second-order valence-electron chi connectivity index (χ2n) is 6.51. The Bertz CT molecular complexity index is 712. The zero-order chi connectivity index (χ0) is 17.7. The molecule has 0 aliphatic carbocycles. The molecule has 0 unspecified atom stereocenters. The van der Waals surface area contributed by atoms with Crippen molar-refractivity contribution in [2.75, 3.05) is 19.7 Å². The lowest BCUT2D eigenvalue weighted by Crippen LogP contribution is -2.49. The van der Waals surface area contributed by atoms with Gasteiger partial charge in [0.2, 0.25) is 5.91 Å². The first-order valence-corrected chi connectivity index (χ1v) is 8.47. The average molecular weight is 343 g/mol. The van der Waals surface area contributed by atoms with Crippen LogP contribution in [0.4, 0.5) is 4.39 Å². The summed E-state index contributed by atoms with van der Waals surface area (Å²) >= 11 is 0. The van der Waals surface area contributed by atoms with Gasteiger partial charge in [-0.15, -0.1) is 0 Å². The van der Waals surface area contributed by atoms with Crippen LogP contribution in [0.3, 0.4) is 0 Å². The standard InChI is InChI=1S/C20H22FNO3/c21-17-6-4-5-16(13-17)14-19(23)22-11-9-20(24,10-12-22)15-25-18-7-2-1-3-8-18/h1-8,13,24H,9-12,14-15H2. The molecular formula is C20H22FNO3. The minimum Gasteiger partial charge on any atom is -0.491 e. The second kappa shape index (κ2) is 7.66. The first kappa shape index (κ1) is 17.4. The third kappa shape index (κ3) is 4.79. The number of carbonyl (C=O) groups is 1. The quantitative estimate of drug-likeness (QED) is 0.908. The van der Waals surface area contributed by atoms with Crippen LogP contribution < -0.4 is 4.74 Å². The Labute approximate surface area is 146 Å². The van der Waals surface area contributed by atoms with Crippen molar-refractivity contribution in [2.45, 2.75) is 24.9 Å². The summed E-state index contributed by atoms with van der Waals surface area (Å²) in [5.74, 6) is 0.341. The molecule has 1 amide bonds. The monoisotopic (exact) mass is 343 g/mol. The van der Waals surface area contributed by atoms with Crippen molar-refractivity contribution in [3.8, 4) is 5.75 Å². The number of amides is 1. The third-order valence-corrected chi connectivity index (χ3v) is 4.54. The molecule has 0 spiro atoms. The number of hydrogen-bond donors (Lipinski definition) is 1. The normalized spacial score (nSPS) is 16.5. The summed E-state index contributed by atoms with van der Waals surface area (Å²) in [7, 11) is 0. The lowest BCUT2D eigenvalue weighted by atomic mass is 9.92. The van der Waals surface area contributed by atoms with Crippen molar-refractivity contribution in [3.63, 3.8) is 0 Å². The van der Waals surface area contributed by atoms with Crippen molar-refractivity contribution < 1.29 is 19.0 Å². The zero-order valence-electron chi connectivity index (χ0n) is 14.0. The first-order chi connectivity index (χ1) is 12.0. The van der Waals surface area contributed by atoms with Gasteiger partial charge in [-0.25, -0.2) is 4.39 Å². The molecular weight excluding hydrogens is 321 g/mol. The van der Waals surface area contributed by atoms with Gasteiger partial charge in [0.1, 0.15) is 23.8 Å². The van der Waals surface area contributed by atoms with Gasteiger partial charge in [-0.3, -0.25) is 4.79 Å². The summed E-state index contributed by atoms with van der Waals surface area (Å²) in [4.78, 5) is 14.1. The first-order valence-electron chi connectivity index (χ1n) is 8.47. The minimum atomic E-state index is -0.925. The van der Waals surface area contributed by atoms with Crippen molar-refractivity contribution in [3.05, 3.63) is 66.0 Å². The number of carbonyl (C=O) groups excluding carboxylic acids is 1.